The predicted molar refractivity (Wildman–Crippen MR) is 84.2 cm³/mol. The van der Waals surface area contributed by atoms with Crippen LogP contribution in [0.3, 0.4) is 0 Å². The van der Waals surface area contributed by atoms with Crippen molar-refractivity contribution in [3.63, 3.8) is 0 Å². The minimum Gasteiger partial charge on any atom is -0.388 e. The summed E-state index contributed by atoms with van der Waals surface area (Å²) < 4.78 is 33.1. The smallest absolute Gasteiger partial charge is 0.243 e. The second kappa shape index (κ2) is 5.94. The summed E-state index contributed by atoms with van der Waals surface area (Å²) in [5.74, 6) is 0. The summed E-state index contributed by atoms with van der Waals surface area (Å²) in [4.78, 5) is 0.419. The normalized spacial score (nSPS) is 24.0. The summed E-state index contributed by atoms with van der Waals surface area (Å²) in [6.07, 6.45) is -0.165. The van der Waals surface area contributed by atoms with Crippen LogP contribution in [0.4, 0.5) is 5.69 Å². The third-order valence-corrected chi connectivity index (χ3v) is 5.87. The van der Waals surface area contributed by atoms with Crippen molar-refractivity contribution < 1.29 is 13.2 Å². The molecule has 1 aliphatic heterocycles. The first kappa shape index (κ1) is 16.3. The van der Waals surface area contributed by atoms with Crippen LogP contribution in [0.5, 0.6) is 0 Å². The minimum absolute atomic E-state index is 0.0827. The highest BCUT2D eigenvalue weighted by molar-refractivity contribution is 7.89. The Bertz CT molecular complexity index is 595. The molecule has 2 rings (SSSR count). The van der Waals surface area contributed by atoms with Gasteiger partial charge in [-0.2, -0.15) is 4.31 Å². The van der Waals surface area contributed by atoms with E-state index in [-0.39, 0.29) is 12.2 Å². The van der Waals surface area contributed by atoms with Gasteiger partial charge >= 0.3 is 0 Å². The maximum absolute atomic E-state index is 13.0. The molecule has 0 radical (unpaired) electrons. The van der Waals surface area contributed by atoms with Crippen molar-refractivity contribution in [3.8, 4) is 0 Å². The Balaban J connectivity index is 2.44. The molecule has 1 heterocycles. The highest BCUT2D eigenvalue weighted by Crippen LogP contribution is 2.28. The lowest BCUT2D eigenvalue weighted by atomic mass is 10.1. The molecule has 0 saturated carbocycles. The van der Waals surface area contributed by atoms with Gasteiger partial charge in [-0.1, -0.05) is 0 Å². The first-order chi connectivity index (χ1) is 9.75. The minimum atomic E-state index is -3.49. The van der Waals surface area contributed by atoms with Crippen LogP contribution >= 0.6 is 0 Å². The van der Waals surface area contributed by atoms with E-state index in [4.69, 9.17) is 4.74 Å². The van der Waals surface area contributed by atoms with Gasteiger partial charge in [0.15, 0.2) is 0 Å². The molecule has 1 aliphatic rings. The summed E-state index contributed by atoms with van der Waals surface area (Å²) in [5, 5.41) is 3.05. The molecule has 5 nitrogen and oxygen atoms in total. The molecule has 1 N–H and O–H groups in total. The summed E-state index contributed by atoms with van der Waals surface area (Å²) >= 11 is 0. The standard InChI is InChI=1S/C15H24N2O3S/c1-10-6-14(16-5)7-11(2)15(10)21(18,19)17-8-12(3)20-13(4)9-17/h6-7,12-13,16H,8-9H2,1-5H3/t12-,13+. The van der Waals surface area contributed by atoms with Crippen molar-refractivity contribution in [2.75, 3.05) is 25.5 Å². The Labute approximate surface area is 127 Å². The van der Waals surface area contributed by atoms with E-state index in [2.05, 4.69) is 5.32 Å². The van der Waals surface area contributed by atoms with Crippen LogP contribution < -0.4 is 5.32 Å². The molecule has 1 saturated heterocycles. The van der Waals surface area contributed by atoms with Crippen molar-refractivity contribution in [1.29, 1.82) is 0 Å². The zero-order valence-corrected chi connectivity index (χ0v) is 14.1. The van der Waals surface area contributed by atoms with Crippen LogP contribution in [0.25, 0.3) is 0 Å². The zero-order valence-electron chi connectivity index (χ0n) is 13.3. The average molecular weight is 312 g/mol. The van der Waals surface area contributed by atoms with E-state index in [0.29, 0.717) is 18.0 Å². The molecule has 21 heavy (non-hydrogen) atoms. The summed E-state index contributed by atoms with van der Waals surface area (Å²) in [5.41, 5.74) is 2.46. The molecule has 2 atom stereocenters. The Morgan fingerprint density at radius 1 is 1.14 bits per heavy atom. The molecular weight excluding hydrogens is 288 g/mol. The van der Waals surface area contributed by atoms with Gasteiger partial charge in [-0.15, -0.1) is 0 Å². The topological polar surface area (TPSA) is 58.6 Å². The largest absolute Gasteiger partial charge is 0.388 e. The molecule has 118 valence electrons. The van der Waals surface area contributed by atoms with Crippen LogP contribution in [0, 0.1) is 13.8 Å². The molecule has 0 aromatic heterocycles. The lowest BCUT2D eigenvalue weighted by molar-refractivity contribution is -0.0441. The maximum Gasteiger partial charge on any atom is 0.243 e. The lowest BCUT2D eigenvalue weighted by Crippen LogP contribution is -2.48. The number of anilines is 1. The van der Waals surface area contributed by atoms with Crippen molar-refractivity contribution in [2.24, 2.45) is 0 Å². The third-order valence-electron chi connectivity index (χ3n) is 3.73. The lowest BCUT2D eigenvalue weighted by Gasteiger charge is -2.35. The number of hydrogen-bond acceptors (Lipinski definition) is 4. The van der Waals surface area contributed by atoms with Crippen LogP contribution in [0.1, 0.15) is 25.0 Å². The number of nitrogens with one attached hydrogen (secondary N) is 1. The number of benzene rings is 1. The van der Waals surface area contributed by atoms with E-state index in [9.17, 15) is 8.42 Å². The molecule has 0 spiro atoms. The monoisotopic (exact) mass is 312 g/mol. The van der Waals surface area contributed by atoms with Gasteiger partial charge in [0.1, 0.15) is 0 Å². The second-order valence-electron chi connectivity index (χ2n) is 5.77. The van der Waals surface area contributed by atoms with Crippen LogP contribution in [0.2, 0.25) is 0 Å². The van der Waals surface area contributed by atoms with Crippen LogP contribution in [-0.4, -0.2) is 45.1 Å². The molecule has 0 amide bonds. The number of rotatable bonds is 3. The number of aryl methyl sites for hydroxylation is 2. The molecule has 1 aromatic carbocycles. The maximum atomic E-state index is 13.0. The van der Waals surface area contributed by atoms with Crippen molar-refractivity contribution >= 4 is 15.7 Å². The first-order valence-corrected chi connectivity index (χ1v) is 8.64. The molecule has 1 fully saturated rings. The number of sulfonamides is 1. The van der Waals surface area contributed by atoms with Gasteiger partial charge in [-0.25, -0.2) is 8.42 Å². The Morgan fingerprint density at radius 3 is 2.05 bits per heavy atom. The second-order valence-corrected chi connectivity index (χ2v) is 7.64. The van der Waals surface area contributed by atoms with Crippen LogP contribution in [-0.2, 0) is 14.8 Å². The summed E-state index contributed by atoms with van der Waals surface area (Å²) in [7, 11) is -1.66. The Hall–Kier alpha value is -1.11. The Kier molecular flexibility index (Phi) is 4.60. The number of ether oxygens (including phenoxy) is 1. The van der Waals surface area contributed by atoms with Crippen LogP contribution in [0.15, 0.2) is 17.0 Å². The molecule has 0 unspecified atom stereocenters. The van der Waals surface area contributed by atoms with Gasteiger partial charge in [-0.05, 0) is 51.0 Å². The predicted octanol–water partition coefficient (Wildman–Crippen LogP) is 2.14. The number of hydrogen-bond donors (Lipinski definition) is 1. The van der Waals surface area contributed by atoms with Gasteiger partial charge in [0.2, 0.25) is 10.0 Å². The van der Waals surface area contributed by atoms with Gasteiger partial charge in [0, 0.05) is 25.8 Å². The van der Waals surface area contributed by atoms with E-state index in [1.54, 1.807) is 4.31 Å². The molecular formula is C15H24N2O3S. The van der Waals surface area contributed by atoms with Crippen molar-refractivity contribution in [1.82, 2.24) is 4.31 Å². The van der Waals surface area contributed by atoms with Gasteiger partial charge in [-0.3, -0.25) is 0 Å². The van der Waals surface area contributed by atoms with E-state index in [0.717, 1.165) is 16.8 Å². The highest BCUT2D eigenvalue weighted by atomic mass is 32.2. The average Bonchev–Trinajstić information content (AvgIpc) is 2.36. The molecule has 6 heteroatoms. The molecule has 0 aliphatic carbocycles. The van der Waals surface area contributed by atoms with Crippen molar-refractivity contribution in [3.05, 3.63) is 23.3 Å². The molecule has 1 aromatic rings. The van der Waals surface area contributed by atoms with Crippen molar-refractivity contribution in [2.45, 2.75) is 44.8 Å². The molecule has 0 bridgehead atoms. The van der Waals surface area contributed by atoms with Gasteiger partial charge in [0.05, 0.1) is 17.1 Å². The van der Waals surface area contributed by atoms with E-state index in [1.807, 2.05) is 46.9 Å². The fourth-order valence-electron chi connectivity index (χ4n) is 2.96. The summed E-state index contributed by atoms with van der Waals surface area (Å²) in [6, 6.07) is 3.74. The van der Waals surface area contributed by atoms with E-state index < -0.39 is 10.0 Å². The zero-order chi connectivity index (χ0) is 15.8. The number of morpholine rings is 1. The van der Waals surface area contributed by atoms with E-state index >= 15 is 0 Å². The fourth-order valence-corrected chi connectivity index (χ4v) is 4.96. The number of nitrogens with zero attached hydrogens (tertiary/aromatic N) is 1. The first-order valence-electron chi connectivity index (χ1n) is 7.20. The SMILES string of the molecule is CNc1cc(C)c(S(=O)(=O)N2C[C@@H](C)O[C@@H](C)C2)c(C)c1. The van der Waals surface area contributed by atoms with Gasteiger partial charge < -0.3 is 10.1 Å². The third kappa shape index (κ3) is 3.22. The fraction of sp³-hybridized carbons (Fsp3) is 0.600. The van der Waals surface area contributed by atoms with E-state index in [1.165, 1.54) is 0 Å². The Morgan fingerprint density at radius 2 is 1.62 bits per heavy atom. The summed E-state index contributed by atoms with van der Waals surface area (Å²) in [6.45, 7) is 8.30. The highest BCUT2D eigenvalue weighted by Gasteiger charge is 2.34. The quantitative estimate of drug-likeness (QED) is 0.929. The van der Waals surface area contributed by atoms with Gasteiger partial charge in [0.25, 0.3) is 0 Å².